The van der Waals surface area contributed by atoms with Crippen LogP contribution in [0.5, 0.6) is 0 Å². The molecule has 0 saturated carbocycles. The molecule has 2 amide bonds. The molecule has 0 fully saturated rings. The SMILES string of the molecule is CSc1ccc(S(=O)(=O)N(CC(=O)Nc2cccc(NC(=O)c3ccc(C(C)(C)C)cc3)c2)c2ccc(C)cc2)cc1. The molecule has 0 aromatic heterocycles. The van der Waals surface area contributed by atoms with Gasteiger partial charge in [0.15, 0.2) is 0 Å². The molecule has 4 rings (SSSR count). The second-order valence-corrected chi connectivity index (χ2v) is 13.7. The van der Waals surface area contributed by atoms with Gasteiger partial charge in [0.25, 0.3) is 15.9 Å². The number of benzene rings is 4. The molecule has 0 saturated heterocycles. The summed E-state index contributed by atoms with van der Waals surface area (Å²) in [5.74, 6) is -0.802. The summed E-state index contributed by atoms with van der Waals surface area (Å²) in [5, 5.41) is 5.63. The van der Waals surface area contributed by atoms with Gasteiger partial charge in [0, 0.05) is 21.8 Å². The lowest BCUT2D eigenvalue weighted by molar-refractivity contribution is -0.114. The number of sulfonamides is 1. The second kappa shape index (κ2) is 12.8. The topological polar surface area (TPSA) is 95.6 Å². The minimum Gasteiger partial charge on any atom is -0.324 e. The third kappa shape index (κ3) is 7.60. The maximum Gasteiger partial charge on any atom is 0.264 e. The number of thioether (sulfide) groups is 1. The van der Waals surface area contributed by atoms with Gasteiger partial charge < -0.3 is 10.6 Å². The third-order valence-electron chi connectivity index (χ3n) is 6.67. The van der Waals surface area contributed by atoms with Crippen LogP contribution in [0.1, 0.15) is 42.3 Å². The zero-order valence-corrected chi connectivity index (χ0v) is 26.0. The van der Waals surface area contributed by atoms with Crippen LogP contribution in [-0.4, -0.2) is 33.0 Å². The summed E-state index contributed by atoms with van der Waals surface area (Å²) in [4.78, 5) is 27.1. The van der Waals surface area contributed by atoms with E-state index >= 15 is 0 Å². The van der Waals surface area contributed by atoms with Crippen molar-refractivity contribution in [3.8, 4) is 0 Å². The van der Waals surface area contributed by atoms with Gasteiger partial charge in [-0.2, -0.15) is 0 Å². The number of carbonyl (C=O) groups is 2. The predicted molar refractivity (Wildman–Crippen MR) is 172 cm³/mol. The summed E-state index contributed by atoms with van der Waals surface area (Å²) in [6, 6.07) is 27.7. The Balaban J connectivity index is 1.51. The van der Waals surface area contributed by atoms with E-state index in [1.165, 1.54) is 11.8 Å². The van der Waals surface area contributed by atoms with Crippen LogP contribution in [0.2, 0.25) is 0 Å². The van der Waals surface area contributed by atoms with Gasteiger partial charge in [-0.15, -0.1) is 11.8 Å². The van der Waals surface area contributed by atoms with E-state index in [4.69, 9.17) is 0 Å². The fourth-order valence-electron chi connectivity index (χ4n) is 4.23. The third-order valence-corrected chi connectivity index (χ3v) is 9.21. The summed E-state index contributed by atoms with van der Waals surface area (Å²) < 4.78 is 28.5. The van der Waals surface area contributed by atoms with Crippen LogP contribution >= 0.6 is 11.8 Å². The Morgan fingerprint density at radius 3 is 1.98 bits per heavy atom. The predicted octanol–water partition coefficient (Wildman–Crippen LogP) is 7.10. The minimum absolute atomic E-state index is 0.0191. The molecule has 2 N–H and O–H groups in total. The molecule has 0 bridgehead atoms. The first kappa shape index (κ1) is 30.9. The van der Waals surface area contributed by atoms with Crippen molar-refractivity contribution in [1.29, 1.82) is 0 Å². The van der Waals surface area contributed by atoms with Crippen LogP contribution in [0.25, 0.3) is 0 Å². The number of anilines is 3. The number of amides is 2. The molecule has 0 atom stereocenters. The van der Waals surface area contributed by atoms with Crippen molar-refractivity contribution in [3.63, 3.8) is 0 Å². The maximum absolute atomic E-state index is 13.7. The van der Waals surface area contributed by atoms with Crippen molar-refractivity contribution < 1.29 is 18.0 Å². The average molecular weight is 602 g/mol. The number of hydrogen-bond donors (Lipinski definition) is 2. The molecule has 0 aliphatic heterocycles. The highest BCUT2D eigenvalue weighted by atomic mass is 32.2. The highest BCUT2D eigenvalue weighted by Crippen LogP contribution is 2.27. The summed E-state index contributed by atoms with van der Waals surface area (Å²) in [7, 11) is -4.04. The van der Waals surface area contributed by atoms with E-state index in [-0.39, 0.29) is 16.2 Å². The monoisotopic (exact) mass is 601 g/mol. The molecule has 4 aromatic rings. The van der Waals surface area contributed by atoms with Crippen molar-refractivity contribution in [2.24, 2.45) is 0 Å². The lowest BCUT2D eigenvalue weighted by Gasteiger charge is -2.24. The van der Waals surface area contributed by atoms with Crippen molar-refractivity contribution in [2.45, 2.75) is 42.9 Å². The van der Waals surface area contributed by atoms with Gasteiger partial charge in [-0.05, 0) is 90.9 Å². The van der Waals surface area contributed by atoms with E-state index in [1.54, 1.807) is 84.9 Å². The van der Waals surface area contributed by atoms with E-state index in [2.05, 4.69) is 31.4 Å². The van der Waals surface area contributed by atoms with Crippen molar-refractivity contribution in [2.75, 3.05) is 27.7 Å². The Morgan fingerprint density at radius 2 is 1.40 bits per heavy atom. The van der Waals surface area contributed by atoms with Crippen LogP contribution in [0.3, 0.4) is 0 Å². The van der Waals surface area contributed by atoms with E-state index < -0.39 is 22.5 Å². The zero-order chi connectivity index (χ0) is 30.5. The van der Waals surface area contributed by atoms with Gasteiger partial charge in [0.05, 0.1) is 10.6 Å². The quantitative estimate of drug-likeness (QED) is 0.200. The van der Waals surface area contributed by atoms with Crippen molar-refractivity contribution >= 4 is 50.7 Å². The molecule has 0 unspecified atom stereocenters. The molecule has 42 heavy (non-hydrogen) atoms. The minimum atomic E-state index is -4.04. The van der Waals surface area contributed by atoms with Crippen LogP contribution in [-0.2, 0) is 20.2 Å². The second-order valence-electron chi connectivity index (χ2n) is 10.9. The van der Waals surface area contributed by atoms with E-state index in [9.17, 15) is 18.0 Å². The van der Waals surface area contributed by atoms with Gasteiger partial charge in [-0.3, -0.25) is 13.9 Å². The number of hydrogen-bond acceptors (Lipinski definition) is 5. The van der Waals surface area contributed by atoms with Crippen LogP contribution in [0.4, 0.5) is 17.1 Å². The van der Waals surface area contributed by atoms with E-state index in [0.29, 0.717) is 22.6 Å². The summed E-state index contributed by atoms with van der Waals surface area (Å²) in [5.41, 5.74) is 3.89. The smallest absolute Gasteiger partial charge is 0.264 e. The molecule has 0 heterocycles. The molecule has 9 heteroatoms. The molecule has 4 aromatic carbocycles. The Bertz CT molecular complexity index is 1660. The Morgan fingerprint density at radius 1 is 0.810 bits per heavy atom. The van der Waals surface area contributed by atoms with E-state index in [1.807, 2.05) is 25.3 Å². The fraction of sp³-hybridized carbons (Fsp3) is 0.212. The van der Waals surface area contributed by atoms with Crippen molar-refractivity contribution in [3.05, 3.63) is 114 Å². The largest absolute Gasteiger partial charge is 0.324 e. The maximum atomic E-state index is 13.7. The first-order chi connectivity index (χ1) is 19.9. The Kier molecular flexibility index (Phi) is 9.43. The van der Waals surface area contributed by atoms with Gasteiger partial charge in [0.2, 0.25) is 5.91 Å². The molecule has 0 radical (unpaired) electrons. The van der Waals surface area contributed by atoms with Crippen LogP contribution in [0, 0.1) is 6.92 Å². The number of nitrogens with one attached hydrogen (secondary N) is 2. The summed E-state index contributed by atoms with van der Waals surface area (Å²) in [6.07, 6.45) is 1.91. The highest BCUT2D eigenvalue weighted by Gasteiger charge is 2.27. The van der Waals surface area contributed by atoms with Gasteiger partial charge >= 0.3 is 0 Å². The van der Waals surface area contributed by atoms with Gasteiger partial charge in [-0.25, -0.2) is 8.42 Å². The molecule has 7 nitrogen and oxygen atoms in total. The molecular formula is C33H35N3O4S2. The first-order valence-electron chi connectivity index (χ1n) is 13.4. The number of nitrogens with zero attached hydrogens (tertiary/aromatic N) is 1. The zero-order valence-electron chi connectivity index (χ0n) is 24.3. The first-order valence-corrected chi connectivity index (χ1v) is 16.1. The standard InChI is InChI=1S/C33H35N3O4S2/c1-23-9-15-28(16-10-23)36(42(39,40)30-19-17-29(41-5)18-20-30)22-31(37)34-26-7-6-8-27(21-26)35-32(38)24-11-13-25(14-12-24)33(2,3)4/h6-21H,22H2,1-5H3,(H,34,37)(H,35,38). The summed E-state index contributed by atoms with van der Waals surface area (Å²) in [6.45, 7) is 7.80. The van der Waals surface area contributed by atoms with Crippen LogP contribution in [0.15, 0.2) is 107 Å². The Labute approximate surface area is 252 Å². The van der Waals surface area contributed by atoms with Crippen molar-refractivity contribution in [1.82, 2.24) is 0 Å². The Hall–Kier alpha value is -4.08. The molecule has 0 spiro atoms. The lowest BCUT2D eigenvalue weighted by atomic mass is 9.87. The normalized spacial score (nSPS) is 11.5. The highest BCUT2D eigenvalue weighted by molar-refractivity contribution is 7.98. The molecule has 218 valence electrons. The van der Waals surface area contributed by atoms with Gasteiger partial charge in [0.1, 0.15) is 6.54 Å². The molecule has 0 aliphatic rings. The molecule has 0 aliphatic carbocycles. The number of rotatable bonds is 9. The summed E-state index contributed by atoms with van der Waals surface area (Å²) >= 11 is 1.51. The van der Waals surface area contributed by atoms with Gasteiger partial charge in [-0.1, -0.05) is 56.7 Å². The lowest BCUT2D eigenvalue weighted by Crippen LogP contribution is -2.38. The van der Waals surface area contributed by atoms with E-state index in [0.717, 1.165) is 20.3 Å². The fourth-order valence-corrected chi connectivity index (χ4v) is 6.06. The van der Waals surface area contributed by atoms with Crippen LogP contribution < -0.4 is 14.9 Å². The number of aryl methyl sites for hydroxylation is 1. The average Bonchev–Trinajstić information content (AvgIpc) is 2.96. The number of carbonyl (C=O) groups excluding carboxylic acids is 2. The molecular weight excluding hydrogens is 567 g/mol.